The maximum absolute atomic E-state index is 12.9. The van der Waals surface area contributed by atoms with Gasteiger partial charge in [0.15, 0.2) is 5.11 Å². The van der Waals surface area contributed by atoms with E-state index in [-0.39, 0.29) is 10.7 Å². The van der Waals surface area contributed by atoms with Gasteiger partial charge >= 0.3 is 0 Å². The Morgan fingerprint density at radius 1 is 1.12 bits per heavy atom. The van der Waals surface area contributed by atoms with Crippen molar-refractivity contribution in [3.8, 4) is 5.75 Å². The highest BCUT2D eigenvalue weighted by Crippen LogP contribution is 2.24. The van der Waals surface area contributed by atoms with E-state index < -0.39 is 11.8 Å². The molecule has 0 aliphatic carbocycles. The van der Waals surface area contributed by atoms with Gasteiger partial charge < -0.3 is 4.74 Å². The number of ether oxygens (including phenoxy) is 1. The van der Waals surface area contributed by atoms with E-state index in [0.717, 1.165) is 10.0 Å². The van der Waals surface area contributed by atoms with Crippen molar-refractivity contribution < 1.29 is 14.3 Å². The Morgan fingerprint density at radius 3 is 2.38 bits per heavy atom. The highest BCUT2D eigenvalue weighted by molar-refractivity contribution is 9.10. The smallest absolute Gasteiger partial charge is 0.270 e. The number of carbonyl (C=O) groups is 2. The minimum absolute atomic E-state index is 0.0230. The Hall–Kier alpha value is -2.51. The zero-order valence-corrected chi connectivity index (χ0v) is 16.3. The van der Waals surface area contributed by atoms with Crippen LogP contribution in [0.1, 0.15) is 12.5 Å². The SMILES string of the molecule is CCOc1ccc(N2C(=O)C(=Cc3ccc(Br)cc3)C(=O)NC2=S)cc1. The number of thiocarbonyl (C=S) groups is 1. The molecule has 1 aliphatic rings. The number of amides is 2. The maximum Gasteiger partial charge on any atom is 0.270 e. The molecule has 5 nitrogen and oxygen atoms in total. The molecule has 1 N–H and O–H groups in total. The third-order valence-corrected chi connectivity index (χ3v) is 4.50. The summed E-state index contributed by atoms with van der Waals surface area (Å²) in [5.74, 6) is -0.280. The van der Waals surface area contributed by atoms with Gasteiger partial charge in [0.05, 0.1) is 12.3 Å². The summed E-state index contributed by atoms with van der Waals surface area (Å²) in [5.41, 5.74) is 1.33. The molecule has 3 rings (SSSR count). The van der Waals surface area contributed by atoms with Crippen LogP contribution in [0.5, 0.6) is 5.75 Å². The zero-order valence-electron chi connectivity index (χ0n) is 13.9. The Labute approximate surface area is 164 Å². The second-order valence-corrected chi connectivity index (χ2v) is 6.74. The van der Waals surface area contributed by atoms with Gasteiger partial charge in [-0.25, -0.2) is 0 Å². The van der Waals surface area contributed by atoms with Gasteiger partial charge in [0, 0.05) is 4.47 Å². The zero-order chi connectivity index (χ0) is 18.7. The summed E-state index contributed by atoms with van der Waals surface area (Å²) in [6.07, 6.45) is 1.55. The van der Waals surface area contributed by atoms with E-state index in [4.69, 9.17) is 17.0 Å². The summed E-state index contributed by atoms with van der Waals surface area (Å²) in [6.45, 7) is 2.45. The van der Waals surface area contributed by atoms with Crippen molar-refractivity contribution in [1.29, 1.82) is 0 Å². The highest BCUT2D eigenvalue weighted by atomic mass is 79.9. The number of hydrogen-bond donors (Lipinski definition) is 1. The fraction of sp³-hybridized carbons (Fsp3) is 0.105. The fourth-order valence-electron chi connectivity index (χ4n) is 2.48. The highest BCUT2D eigenvalue weighted by Gasteiger charge is 2.34. The number of anilines is 1. The van der Waals surface area contributed by atoms with E-state index in [2.05, 4.69) is 21.2 Å². The third-order valence-electron chi connectivity index (χ3n) is 3.69. The van der Waals surface area contributed by atoms with Crippen LogP contribution in [0.4, 0.5) is 5.69 Å². The predicted octanol–water partition coefficient (Wildman–Crippen LogP) is 3.68. The van der Waals surface area contributed by atoms with E-state index in [1.54, 1.807) is 30.3 Å². The molecule has 26 heavy (non-hydrogen) atoms. The lowest BCUT2D eigenvalue weighted by atomic mass is 10.1. The summed E-state index contributed by atoms with van der Waals surface area (Å²) in [5, 5.41) is 2.62. The van der Waals surface area contributed by atoms with Crippen LogP contribution in [0.2, 0.25) is 0 Å². The minimum atomic E-state index is -0.509. The van der Waals surface area contributed by atoms with Crippen LogP contribution in [0.25, 0.3) is 6.08 Å². The van der Waals surface area contributed by atoms with E-state index in [9.17, 15) is 9.59 Å². The molecule has 0 saturated carbocycles. The molecule has 1 saturated heterocycles. The van der Waals surface area contributed by atoms with Crippen LogP contribution in [-0.2, 0) is 9.59 Å². The number of halogens is 1. The molecule has 0 spiro atoms. The van der Waals surface area contributed by atoms with Crippen molar-refractivity contribution in [3.05, 3.63) is 64.1 Å². The van der Waals surface area contributed by atoms with Gasteiger partial charge in [-0.2, -0.15) is 0 Å². The van der Waals surface area contributed by atoms with Crippen molar-refractivity contribution in [3.63, 3.8) is 0 Å². The number of carbonyl (C=O) groups excluding carboxylic acids is 2. The molecular weight excluding hydrogens is 416 g/mol. The lowest BCUT2D eigenvalue weighted by Gasteiger charge is -2.29. The first-order valence-electron chi connectivity index (χ1n) is 7.89. The summed E-state index contributed by atoms with van der Waals surface area (Å²) >= 11 is 8.55. The van der Waals surface area contributed by atoms with Gasteiger partial charge in [-0.15, -0.1) is 0 Å². The molecule has 1 aliphatic heterocycles. The van der Waals surface area contributed by atoms with Gasteiger partial charge in [0.25, 0.3) is 11.8 Å². The maximum atomic E-state index is 12.9. The molecule has 132 valence electrons. The van der Waals surface area contributed by atoms with Gasteiger partial charge in [-0.3, -0.25) is 19.8 Å². The van der Waals surface area contributed by atoms with Gasteiger partial charge in [0.2, 0.25) is 0 Å². The lowest BCUT2D eigenvalue weighted by Crippen LogP contribution is -2.54. The summed E-state index contributed by atoms with van der Waals surface area (Å²) < 4.78 is 6.32. The summed E-state index contributed by atoms with van der Waals surface area (Å²) in [4.78, 5) is 26.5. The largest absolute Gasteiger partial charge is 0.494 e. The predicted molar refractivity (Wildman–Crippen MR) is 108 cm³/mol. The third kappa shape index (κ3) is 3.84. The van der Waals surface area contributed by atoms with Gasteiger partial charge in [-0.1, -0.05) is 28.1 Å². The number of hydrogen-bond acceptors (Lipinski definition) is 4. The quantitative estimate of drug-likeness (QED) is 0.456. The molecule has 0 aromatic heterocycles. The summed E-state index contributed by atoms with van der Waals surface area (Å²) in [6, 6.07) is 14.3. The van der Waals surface area contributed by atoms with Crippen molar-refractivity contribution in [2.24, 2.45) is 0 Å². The molecule has 7 heteroatoms. The monoisotopic (exact) mass is 430 g/mol. The number of nitrogens with zero attached hydrogens (tertiary/aromatic N) is 1. The van der Waals surface area contributed by atoms with Gasteiger partial charge in [-0.05, 0) is 67.2 Å². The minimum Gasteiger partial charge on any atom is -0.494 e. The molecule has 0 atom stereocenters. The Kier molecular flexibility index (Phi) is 5.49. The van der Waals surface area contributed by atoms with Crippen molar-refractivity contribution >= 4 is 56.8 Å². The first-order valence-corrected chi connectivity index (χ1v) is 9.09. The average Bonchev–Trinajstić information content (AvgIpc) is 2.62. The molecular formula is C19H15BrN2O3S. The molecule has 0 bridgehead atoms. The fourth-order valence-corrected chi connectivity index (χ4v) is 3.02. The molecule has 2 aromatic carbocycles. The van der Waals surface area contributed by atoms with Crippen LogP contribution < -0.4 is 15.0 Å². The second-order valence-electron chi connectivity index (χ2n) is 5.44. The second kappa shape index (κ2) is 7.80. The summed E-state index contributed by atoms with van der Waals surface area (Å²) in [7, 11) is 0. The van der Waals surface area contributed by atoms with Crippen LogP contribution in [-0.4, -0.2) is 23.5 Å². The first-order chi connectivity index (χ1) is 12.5. The molecule has 1 heterocycles. The standard InChI is InChI=1S/C19H15BrN2O3S/c1-2-25-15-9-7-14(8-10-15)22-18(24)16(17(23)21-19(22)26)11-12-3-5-13(20)6-4-12/h3-11H,2H2,1H3,(H,21,23,26). The van der Waals surface area contributed by atoms with Gasteiger partial charge in [0.1, 0.15) is 11.3 Å². The van der Waals surface area contributed by atoms with E-state index in [1.165, 1.54) is 4.90 Å². The van der Waals surface area contributed by atoms with E-state index >= 15 is 0 Å². The molecule has 0 radical (unpaired) electrons. The number of nitrogens with one attached hydrogen (secondary N) is 1. The van der Waals surface area contributed by atoms with Crippen molar-refractivity contribution in [2.45, 2.75) is 6.92 Å². The van der Waals surface area contributed by atoms with Crippen LogP contribution >= 0.6 is 28.1 Å². The Balaban J connectivity index is 1.93. The molecule has 0 unspecified atom stereocenters. The first kappa shape index (κ1) is 18.3. The van der Waals surface area contributed by atoms with Crippen LogP contribution in [0.15, 0.2) is 58.6 Å². The molecule has 1 fully saturated rings. The normalized spacial score (nSPS) is 16.0. The Bertz CT molecular complexity index is 892. The van der Waals surface area contributed by atoms with E-state index in [1.807, 2.05) is 31.2 Å². The molecule has 2 aromatic rings. The number of rotatable bonds is 4. The molecule has 2 amide bonds. The van der Waals surface area contributed by atoms with Crippen LogP contribution in [0, 0.1) is 0 Å². The average molecular weight is 431 g/mol. The topological polar surface area (TPSA) is 58.6 Å². The van der Waals surface area contributed by atoms with Crippen LogP contribution in [0.3, 0.4) is 0 Å². The Morgan fingerprint density at radius 2 is 1.77 bits per heavy atom. The van der Waals surface area contributed by atoms with Crippen molar-refractivity contribution in [2.75, 3.05) is 11.5 Å². The number of benzene rings is 2. The lowest BCUT2D eigenvalue weighted by molar-refractivity contribution is -0.122. The van der Waals surface area contributed by atoms with Crippen molar-refractivity contribution in [1.82, 2.24) is 5.32 Å². The van der Waals surface area contributed by atoms with E-state index in [0.29, 0.717) is 18.0 Å².